The van der Waals surface area contributed by atoms with Crippen LogP contribution in [0.3, 0.4) is 0 Å². The molecule has 2 aliphatic rings. The number of rotatable bonds is 0. The van der Waals surface area contributed by atoms with Gasteiger partial charge in [0.05, 0.1) is 0 Å². The van der Waals surface area contributed by atoms with Crippen LogP contribution in [0.1, 0.15) is 0 Å². The average Bonchev–Trinajstić information content (AvgIpc) is 2.64. The second kappa shape index (κ2) is 4.48. The maximum Gasteiger partial charge on any atom is 0.511 e. The Hall–Kier alpha value is -1.53. The molecule has 74 valence electrons. The summed E-state index contributed by atoms with van der Waals surface area (Å²) in [6.45, 7) is 0.566. The molecule has 0 N–H and O–H groups in total. The molecule has 2 saturated heterocycles. The van der Waals surface area contributed by atoms with Crippen molar-refractivity contribution < 1.29 is 32.9 Å². The number of cyclic esters (lactones) is 4. The molecule has 0 aliphatic carbocycles. The van der Waals surface area contributed by atoms with E-state index in [0.29, 0.717) is 13.2 Å². The van der Waals surface area contributed by atoms with Crippen molar-refractivity contribution in [1.82, 2.24) is 0 Å². The predicted octanol–water partition coefficient (Wildman–Crippen LogP) is 0.602. The van der Waals surface area contributed by atoms with Crippen molar-refractivity contribution in [2.75, 3.05) is 19.8 Å². The highest BCUT2D eigenvalue weighted by Gasteiger charge is 2.23. The SMILES string of the molecule is O=C1OCC(F)O1.O=C1OCCO1. The van der Waals surface area contributed by atoms with Gasteiger partial charge in [0, 0.05) is 0 Å². The average molecular weight is 194 g/mol. The minimum absolute atomic E-state index is 0.265. The van der Waals surface area contributed by atoms with Crippen molar-refractivity contribution in [2.45, 2.75) is 6.36 Å². The Bertz CT molecular complexity index is 197. The van der Waals surface area contributed by atoms with Crippen molar-refractivity contribution in [1.29, 1.82) is 0 Å². The van der Waals surface area contributed by atoms with Crippen LogP contribution in [-0.4, -0.2) is 38.5 Å². The van der Waals surface area contributed by atoms with E-state index in [9.17, 15) is 14.0 Å². The quantitative estimate of drug-likeness (QED) is 0.526. The number of ether oxygens (including phenoxy) is 4. The summed E-state index contributed by atoms with van der Waals surface area (Å²) in [5.41, 5.74) is 0. The van der Waals surface area contributed by atoms with Crippen LogP contribution in [0, 0.1) is 0 Å². The summed E-state index contributed by atoms with van der Waals surface area (Å²) in [6.07, 6.45) is -3.02. The molecule has 2 aliphatic heterocycles. The molecule has 2 heterocycles. The number of alkyl halides is 1. The molecule has 0 aromatic rings. The van der Waals surface area contributed by atoms with Gasteiger partial charge in [-0.3, -0.25) is 0 Å². The fourth-order valence-electron chi connectivity index (χ4n) is 0.598. The molecule has 1 unspecified atom stereocenters. The molecule has 0 aromatic heterocycles. The molecule has 7 heteroatoms. The summed E-state index contributed by atoms with van der Waals surface area (Å²) in [4.78, 5) is 19.6. The van der Waals surface area contributed by atoms with Gasteiger partial charge in [0.25, 0.3) is 6.36 Å². The van der Waals surface area contributed by atoms with Crippen LogP contribution in [0.4, 0.5) is 14.0 Å². The first-order valence-electron chi connectivity index (χ1n) is 3.45. The maximum atomic E-state index is 11.6. The molecule has 2 rings (SSSR count). The number of hydrogen-bond donors (Lipinski definition) is 0. The molecule has 0 radical (unpaired) electrons. The Morgan fingerprint density at radius 3 is 1.85 bits per heavy atom. The fourth-order valence-corrected chi connectivity index (χ4v) is 0.598. The highest BCUT2D eigenvalue weighted by atomic mass is 19.1. The first kappa shape index (κ1) is 9.56. The first-order chi connectivity index (χ1) is 6.18. The smallest absolute Gasteiger partial charge is 0.431 e. The van der Waals surface area contributed by atoms with Crippen LogP contribution in [0.5, 0.6) is 0 Å². The van der Waals surface area contributed by atoms with Gasteiger partial charge in [-0.15, -0.1) is 0 Å². The van der Waals surface area contributed by atoms with E-state index in [-0.39, 0.29) is 6.61 Å². The van der Waals surface area contributed by atoms with Crippen molar-refractivity contribution in [3.63, 3.8) is 0 Å². The van der Waals surface area contributed by atoms with Crippen molar-refractivity contribution >= 4 is 12.3 Å². The lowest BCUT2D eigenvalue weighted by atomic mass is 10.8. The summed E-state index contributed by atoms with van der Waals surface area (Å²) >= 11 is 0. The van der Waals surface area contributed by atoms with Crippen molar-refractivity contribution in [2.24, 2.45) is 0 Å². The van der Waals surface area contributed by atoms with Gasteiger partial charge in [0.2, 0.25) is 0 Å². The van der Waals surface area contributed by atoms with Gasteiger partial charge < -0.3 is 18.9 Å². The maximum absolute atomic E-state index is 11.6. The summed E-state index contributed by atoms with van der Waals surface area (Å²) in [7, 11) is 0. The molecular weight excluding hydrogens is 187 g/mol. The second-order valence-electron chi connectivity index (χ2n) is 2.04. The fraction of sp³-hybridized carbons (Fsp3) is 0.667. The van der Waals surface area contributed by atoms with Gasteiger partial charge in [0.1, 0.15) is 13.2 Å². The van der Waals surface area contributed by atoms with E-state index in [0.717, 1.165) is 0 Å². The van der Waals surface area contributed by atoms with E-state index in [1.807, 2.05) is 0 Å². The van der Waals surface area contributed by atoms with E-state index < -0.39 is 18.7 Å². The highest BCUT2D eigenvalue weighted by molar-refractivity contribution is 5.61. The van der Waals surface area contributed by atoms with Crippen LogP contribution < -0.4 is 0 Å². The predicted molar refractivity (Wildman–Crippen MR) is 34.6 cm³/mol. The zero-order valence-corrected chi connectivity index (χ0v) is 6.53. The third kappa shape index (κ3) is 3.59. The zero-order valence-electron chi connectivity index (χ0n) is 6.53. The summed E-state index contributed by atoms with van der Waals surface area (Å²) in [5, 5.41) is 0. The third-order valence-corrected chi connectivity index (χ3v) is 1.08. The lowest BCUT2D eigenvalue weighted by molar-refractivity contribution is 0.0572. The number of halogens is 1. The summed E-state index contributed by atoms with van der Waals surface area (Å²) in [6, 6.07) is 0. The van der Waals surface area contributed by atoms with Gasteiger partial charge >= 0.3 is 12.3 Å². The molecule has 6 nitrogen and oxygen atoms in total. The van der Waals surface area contributed by atoms with Crippen LogP contribution in [0.25, 0.3) is 0 Å². The van der Waals surface area contributed by atoms with E-state index >= 15 is 0 Å². The van der Waals surface area contributed by atoms with Gasteiger partial charge in [0.15, 0.2) is 6.61 Å². The van der Waals surface area contributed by atoms with Gasteiger partial charge in [-0.05, 0) is 0 Å². The Kier molecular flexibility index (Phi) is 3.30. The van der Waals surface area contributed by atoms with Crippen molar-refractivity contribution in [3.8, 4) is 0 Å². The number of hydrogen-bond acceptors (Lipinski definition) is 6. The second-order valence-corrected chi connectivity index (χ2v) is 2.04. The van der Waals surface area contributed by atoms with E-state index in [2.05, 4.69) is 18.9 Å². The van der Waals surface area contributed by atoms with Crippen LogP contribution in [-0.2, 0) is 18.9 Å². The Labute approximate surface area is 72.5 Å². The van der Waals surface area contributed by atoms with E-state index in [4.69, 9.17) is 0 Å². The normalized spacial score (nSPS) is 24.8. The Morgan fingerprint density at radius 1 is 1.08 bits per heavy atom. The van der Waals surface area contributed by atoms with Gasteiger partial charge in [-0.1, -0.05) is 0 Å². The monoisotopic (exact) mass is 194 g/mol. The number of carbonyl (C=O) groups excluding carboxylic acids is 2. The molecule has 0 spiro atoms. The lowest BCUT2D eigenvalue weighted by Crippen LogP contribution is -1.98. The lowest BCUT2D eigenvalue weighted by Gasteiger charge is -1.85. The summed E-state index contributed by atoms with van der Waals surface area (Å²) < 4.78 is 28.1. The van der Waals surface area contributed by atoms with Gasteiger partial charge in [-0.2, -0.15) is 4.39 Å². The Morgan fingerprint density at radius 2 is 1.69 bits per heavy atom. The largest absolute Gasteiger partial charge is 0.511 e. The highest BCUT2D eigenvalue weighted by Crippen LogP contribution is 2.05. The standard InChI is InChI=1S/C3H3FO3.C3H4O3/c4-2-1-6-3(5)7-2;4-3-5-1-2-6-3/h2H,1H2;1-2H2. The zero-order chi connectivity index (χ0) is 9.68. The molecule has 0 amide bonds. The van der Waals surface area contributed by atoms with Crippen molar-refractivity contribution in [3.05, 3.63) is 0 Å². The first-order valence-corrected chi connectivity index (χ1v) is 3.45. The minimum Gasteiger partial charge on any atom is -0.431 e. The molecule has 0 aromatic carbocycles. The molecule has 2 fully saturated rings. The molecule has 1 atom stereocenters. The molecule has 13 heavy (non-hydrogen) atoms. The number of carbonyl (C=O) groups is 2. The Balaban J connectivity index is 0.000000132. The van der Waals surface area contributed by atoms with Gasteiger partial charge in [-0.25, -0.2) is 9.59 Å². The molecular formula is C6H7FO6. The van der Waals surface area contributed by atoms with E-state index in [1.54, 1.807) is 0 Å². The minimum atomic E-state index is -1.55. The topological polar surface area (TPSA) is 71.1 Å². The molecule has 0 bridgehead atoms. The summed E-state index contributed by atoms with van der Waals surface area (Å²) in [5.74, 6) is 0. The van der Waals surface area contributed by atoms with Crippen LogP contribution in [0.2, 0.25) is 0 Å². The van der Waals surface area contributed by atoms with Crippen LogP contribution in [0.15, 0.2) is 0 Å². The van der Waals surface area contributed by atoms with E-state index in [1.165, 1.54) is 0 Å². The third-order valence-electron chi connectivity index (χ3n) is 1.08. The molecule has 0 saturated carbocycles. The van der Waals surface area contributed by atoms with Crippen LogP contribution >= 0.6 is 0 Å².